The summed E-state index contributed by atoms with van der Waals surface area (Å²) < 4.78 is 20.5. The summed E-state index contributed by atoms with van der Waals surface area (Å²) >= 11 is 0. The number of hydrogen-bond donors (Lipinski definition) is 1. The van der Waals surface area contributed by atoms with Gasteiger partial charge >= 0.3 is 0 Å². The molecule has 0 aliphatic heterocycles. The molecule has 1 unspecified atom stereocenters. The molecule has 0 spiro atoms. The second-order valence-corrected chi connectivity index (χ2v) is 6.49. The van der Waals surface area contributed by atoms with E-state index in [-0.39, 0.29) is 17.6 Å². The van der Waals surface area contributed by atoms with Gasteiger partial charge in [-0.3, -0.25) is 9.48 Å². The normalized spacial score (nSPS) is 11.8. The fraction of sp³-hybridized carbons (Fsp3) is 0.238. The van der Waals surface area contributed by atoms with Crippen molar-refractivity contribution in [2.24, 2.45) is 5.92 Å². The standard InChI is InChI=1S/C21H22FN3O2/c1-16(14-25-11-3-10-24-25)13-23-21(26)18-4-2-5-20(12-18)27-15-17-6-8-19(22)9-7-17/h2-12,16H,13-15H2,1H3,(H,23,26). The van der Waals surface area contributed by atoms with Crippen LogP contribution in [-0.4, -0.2) is 22.2 Å². The summed E-state index contributed by atoms with van der Waals surface area (Å²) in [6, 6.07) is 15.0. The second kappa shape index (κ2) is 8.98. The van der Waals surface area contributed by atoms with Crippen LogP contribution in [0.4, 0.5) is 4.39 Å². The van der Waals surface area contributed by atoms with Crippen molar-refractivity contribution >= 4 is 5.91 Å². The van der Waals surface area contributed by atoms with Crippen LogP contribution >= 0.6 is 0 Å². The van der Waals surface area contributed by atoms with Crippen molar-refractivity contribution < 1.29 is 13.9 Å². The molecule has 0 bridgehead atoms. The fourth-order valence-corrected chi connectivity index (χ4v) is 2.64. The van der Waals surface area contributed by atoms with Gasteiger partial charge in [-0.15, -0.1) is 0 Å². The number of benzene rings is 2. The van der Waals surface area contributed by atoms with Gasteiger partial charge in [0.05, 0.1) is 0 Å². The van der Waals surface area contributed by atoms with Crippen molar-refractivity contribution in [1.29, 1.82) is 0 Å². The van der Waals surface area contributed by atoms with Crippen LogP contribution in [0, 0.1) is 11.7 Å². The van der Waals surface area contributed by atoms with Gasteiger partial charge in [-0.05, 0) is 47.9 Å². The van der Waals surface area contributed by atoms with E-state index >= 15 is 0 Å². The highest BCUT2D eigenvalue weighted by Gasteiger charge is 2.10. The summed E-state index contributed by atoms with van der Waals surface area (Å²) in [5.74, 6) is 0.428. The molecule has 0 radical (unpaired) electrons. The Morgan fingerprint density at radius 1 is 1.22 bits per heavy atom. The molecule has 0 saturated carbocycles. The summed E-state index contributed by atoms with van der Waals surface area (Å²) in [4.78, 5) is 12.4. The largest absolute Gasteiger partial charge is 0.489 e. The van der Waals surface area contributed by atoms with Crippen molar-refractivity contribution in [3.05, 3.63) is 83.9 Å². The van der Waals surface area contributed by atoms with Gasteiger partial charge in [0.2, 0.25) is 0 Å². The Hall–Kier alpha value is -3.15. The molecule has 2 aromatic carbocycles. The highest BCUT2D eigenvalue weighted by Crippen LogP contribution is 2.15. The van der Waals surface area contributed by atoms with Crippen LogP contribution in [0.3, 0.4) is 0 Å². The third-order valence-electron chi connectivity index (χ3n) is 4.08. The maximum absolute atomic E-state index is 12.9. The molecule has 3 rings (SSSR count). The molecule has 27 heavy (non-hydrogen) atoms. The molecule has 1 aromatic heterocycles. The van der Waals surface area contributed by atoms with E-state index in [0.29, 0.717) is 24.5 Å². The van der Waals surface area contributed by atoms with E-state index in [1.807, 2.05) is 16.9 Å². The second-order valence-electron chi connectivity index (χ2n) is 6.49. The zero-order valence-corrected chi connectivity index (χ0v) is 15.1. The Balaban J connectivity index is 1.51. The molecule has 0 aliphatic rings. The minimum atomic E-state index is -0.279. The minimum absolute atomic E-state index is 0.144. The molecule has 0 aliphatic carbocycles. The van der Waals surface area contributed by atoms with Crippen LogP contribution < -0.4 is 10.1 Å². The first-order valence-electron chi connectivity index (χ1n) is 8.83. The molecule has 0 saturated heterocycles. The van der Waals surface area contributed by atoms with E-state index in [1.54, 1.807) is 42.6 Å². The first-order valence-corrected chi connectivity index (χ1v) is 8.83. The molecule has 3 aromatic rings. The third kappa shape index (κ3) is 5.67. The maximum Gasteiger partial charge on any atom is 0.251 e. The summed E-state index contributed by atoms with van der Waals surface area (Å²) in [7, 11) is 0. The lowest BCUT2D eigenvalue weighted by atomic mass is 10.1. The summed E-state index contributed by atoms with van der Waals surface area (Å²) in [6.45, 7) is 3.67. The van der Waals surface area contributed by atoms with Gasteiger partial charge in [-0.1, -0.05) is 25.1 Å². The monoisotopic (exact) mass is 367 g/mol. The number of aromatic nitrogens is 2. The Bertz CT molecular complexity index is 863. The van der Waals surface area contributed by atoms with Crippen molar-refractivity contribution in [2.45, 2.75) is 20.1 Å². The lowest BCUT2D eigenvalue weighted by Crippen LogP contribution is -2.30. The lowest BCUT2D eigenvalue weighted by molar-refractivity contribution is 0.0946. The average molecular weight is 367 g/mol. The maximum atomic E-state index is 12.9. The number of amides is 1. The van der Waals surface area contributed by atoms with E-state index in [1.165, 1.54) is 12.1 Å². The van der Waals surface area contributed by atoms with Crippen molar-refractivity contribution in [3.8, 4) is 5.75 Å². The third-order valence-corrected chi connectivity index (χ3v) is 4.08. The predicted molar refractivity (Wildman–Crippen MR) is 101 cm³/mol. The molecule has 140 valence electrons. The predicted octanol–water partition coefficient (Wildman–Crippen LogP) is 3.67. The van der Waals surface area contributed by atoms with E-state index in [2.05, 4.69) is 17.3 Å². The topological polar surface area (TPSA) is 56.1 Å². The van der Waals surface area contributed by atoms with Crippen LogP contribution in [-0.2, 0) is 13.2 Å². The number of nitrogens with zero attached hydrogens (tertiary/aromatic N) is 2. The number of hydrogen-bond acceptors (Lipinski definition) is 3. The van der Waals surface area contributed by atoms with Crippen molar-refractivity contribution in [1.82, 2.24) is 15.1 Å². The first-order chi connectivity index (χ1) is 13.1. The molecule has 1 atom stereocenters. The van der Waals surface area contributed by atoms with Gasteiger partial charge in [-0.25, -0.2) is 4.39 Å². The molecule has 1 amide bonds. The number of carbonyl (C=O) groups is 1. The van der Waals surface area contributed by atoms with E-state index in [9.17, 15) is 9.18 Å². The van der Waals surface area contributed by atoms with Crippen LogP contribution in [0.2, 0.25) is 0 Å². The highest BCUT2D eigenvalue weighted by atomic mass is 19.1. The summed E-state index contributed by atoms with van der Waals surface area (Å²) in [6.07, 6.45) is 3.64. The van der Waals surface area contributed by atoms with Gasteiger partial charge in [0.15, 0.2) is 0 Å². The number of carbonyl (C=O) groups excluding carboxylic acids is 1. The SMILES string of the molecule is CC(CNC(=O)c1cccc(OCc2ccc(F)cc2)c1)Cn1cccn1. The molecule has 5 nitrogen and oxygen atoms in total. The molecule has 1 heterocycles. The summed E-state index contributed by atoms with van der Waals surface area (Å²) in [5, 5.41) is 7.11. The Kier molecular flexibility index (Phi) is 6.20. The Morgan fingerprint density at radius 3 is 2.78 bits per heavy atom. The van der Waals surface area contributed by atoms with Gasteiger partial charge in [0.1, 0.15) is 18.2 Å². The molecule has 1 N–H and O–H groups in total. The quantitative estimate of drug-likeness (QED) is 0.661. The number of halogens is 1. The zero-order chi connectivity index (χ0) is 19.1. The lowest BCUT2D eigenvalue weighted by Gasteiger charge is -2.13. The van der Waals surface area contributed by atoms with E-state index < -0.39 is 0 Å². The molecular weight excluding hydrogens is 345 g/mol. The summed E-state index contributed by atoms with van der Waals surface area (Å²) in [5.41, 5.74) is 1.40. The van der Waals surface area contributed by atoms with Gasteiger partial charge in [0, 0.05) is 31.0 Å². The minimum Gasteiger partial charge on any atom is -0.489 e. The Morgan fingerprint density at radius 2 is 2.04 bits per heavy atom. The molecule has 6 heteroatoms. The van der Waals surface area contributed by atoms with E-state index in [4.69, 9.17) is 4.74 Å². The zero-order valence-electron chi connectivity index (χ0n) is 15.1. The number of rotatable bonds is 8. The van der Waals surface area contributed by atoms with Gasteiger partial charge in [0.25, 0.3) is 5.91 Å². The van der Waals surface area contributed by atoms with Crippen LogP contribution in [0.25, 0.3) is 0 Å². The first kappa shape index (κ1) is 18.6. The smallest absolute Gasteiger partial charge is 0.251 e. The van der Waals surface area contributed by atoms with Crippen molar-refractivity contribution in [2.75, 3.05) is 6.54 Å². The van der Waals surface area contributed by atoms with Gasteiger partial charge in [-0.2, -0.15) is 5.10 Å². The average Bonchev–Trinajstić information content (AvgIpc) is 3.19. The van der Waals surface area contributed by atoms with Crippen molar-refractivity contribution in [3.63, 3.8) is 0 Å². The number of ether oxygens (including phenoxy) is 1. The van der Waals surface area contributed by atoms with Crippen LogP contribution in [0.15, 0.2) is 67.0 Å². The van der Waals surface area contributed by atoms with Gasteiger partial charge < -0.3 is 10.1 Å². The molecular formula is C21H22FN3O2. The Labute approximate surface area is 157 Å². The molecule has 0 fully saturated rings. The highest BCUT2D eigenvalue weighted by molar-refractivity contribution is 5.94. The fourth-order valence-electron chi connectivity index (χ4n) is 2.64. The number of nitrogens with one attached hydrogen (secondary N) is 1. The van der Waals surface area contributed by atoms with E-state index in [0.717, 1.165) is 12.1 Å². The van der Waals surface area contributed by atoms with Crippen LogP contribution in [0.5, 0.6) is 5.75 Å². The van der Waals surface area contributed by atoms with Crippen LogP contribution in [0.1, 0.15) is 22.8 Å².